The van der Waals surface area contributed by atoms with E-state index in [0.717, 1.165) is 34.3 Å². The summed E-state index contributed by atoms with van der Waals surface area (Å²) in [4.78, 5) is 11.6. The van der Waals surface area contributed by atoms with Gasteiger partial charge in [0.05, 0.1) is 7.11 Å². The fourth-order valence-electron chi connectivity index (χ4n) is 1.49. The molecule has 1 amide bonds. The number of halogens is 1. The smallest absolute Gasteiger partial charge is 0.224 e. The highest BCUT2D eigenvalue weighted by molar-refractivity contribution is 14.1. The first-order valence-electron chi connectivity index (χ1n) is 5.73. The van der Waals surface area contributed by atoms with Crippen molar-refractivity contribution in [3.63, 3.8) is 0 Å². The van der Waals surface area contributed by atoms with E-state index in [0.29, 0.717) is 6.42 Å². The Morgan fingerprint density at radius 1 is 1.41 bits per heavy atom. The SMILES string of the molecule is CCCCC(=O)Nc1cc(CI)cc(OC)c1. The van der Waals surface area contributed by atoms with Crippen LogP contribution in [-0.2, 0) is 9.22 Å². The lowest BCUT2D eigenvalue weighted by Crippen LogP contribution is -2.11. The highest BCUT2D eigenvalue weighted by Gasteiger charge is 2.04. The van der Waals surface area contributed by atoms with Crippen LogP contribution in [0.15, 0.2) is 18.2 Å². The molecule has 0 unspecified atom stereocenters. The predicted octanol–water partition coefficient (Wildman–Crippen LogP) is 3.76. The Labute approximate surface area is 116 Å². The molecule has 0 aliphatic rings. The maximum Gasteiger partial charge on any atom is 0.224 e. The van der Waals surface area contributed by atoms with Crippen LogP contribution in [0, 0.1) is 0 Å². The number of benzene rings is 1. The number of nitrogens with one attached hydrogen (secondary N) is 1. The maximum atomic E-state index is 11.6. The van der Waals surface area contributed by atoms with Crippen LogP contribution in [-0.4, -0.2) is 13.0 Å². The van der Waals surface area contributed by atoms with Crippen molar-refractivity contribution in [1.29, 1.82) is 0 Å². The van der Waals surface area contributed by atoms with Gasteiger partial charge in [-0.15, -0.1) is 0 Å². The molecule has 0 saturated carbocycles. The third-order valence-electron chi connectivity index (χ3n) is 2.40. The molecule has 0 atom stereocenters. The van der Waals surface area contributed by atoms with E-state index >= 15 is 0 Å². The van der Waals surface area contributed by atoms with E-state index in [1.165, 1.54) is 0 Å². The van der Waals surface area contributed by atoms with Gasteiger partial charge in [-0.1, -0.05) is 35.9 Å². The number of amides is 1. The zero-order valence-corrected chi connectivity index (χ0v) is 12.4. The zero-order chi connectivity index (χ0) is 12.7. The standard InChI is InChI=1S/C13H18INO2/c1-3-4-5-13(16)15-11-6-10(9-14)7-12(8-11)17-2/h6-8H,3-5,9H2,1-2H3,(H,15,16). The third kappa shape index (κ3) is 4.93. The number of rotatable bonds is 6. The first-order valence-corrected chi connectivity index (χ1v) is 7.26. The van der Waals surface area contributed by atoms with E-state index in [1.807, 2.05) is 18.2 Å². The third-order valence-corrected chi connectivity index (χ3v) is 3.28. The average molecular weight is 347 g/mol. The lowest BCUT2D eigenvalue weighted by molar-refractivity contribution is -0.116. The summed E-state index contributed by atoms with van der Waals surface area (Å²) < 4.78 is 6.10. The van der Waals surface area contributed by atoms with Crippen LogP contribution in [0.4, 0.5) is 5.69 Å². The van der Waals surface area contributed by atoms with Gasteiger partial charge in [-0.05, 0) is 24.1 Å². The monoisotopic (exact) mass is 347 g/mol. The molecule has 1 rings (SSSR count). The number of unbranched alkanes of at least 4 members (excludes halogenated alkanes) is 1. The summed E-state index contributed by atoms with van der Waals surface area (Å²) in [6.45, 7) is 2.08. The first-order chi connectivity index (χ1) is 8.19. The number of anilines is 1. The highest BCUT2D eigenvalue weighted by Crippen LogP contribution is 2.22. The lowest BCUT2D eigenvalue weighted by atomic mass is 10.2. The fourth-order valence-corrected chi connectivity index (χ4v) is 1.93. The van der Waals surface area contributed by atoms with Gasteiger partial charge in [0.2, 0.25) is 5.91 Å². The van der Waals surface area contributed by atoms with Crippen molar-refractivity contribution in [3.8, 4) is 5.75 Å². The van der Waals surface area contributed by atoms with Crippen molar-refractivity contribution in [3.05, 3.63) is 23.8 Å². The molecule has 0 spiro atoms. The molecule has 3 nitrogen and oxygen atoms in total. The molecule has 1 N–H and O–H groups in total. The van der Waals surface area contributed by atoms with Gasteiger partial charge >= 0.3 is 0 Å². The Morgan fingerprint density at radius 2 is 2.18 bits per heavy atom. The molecule has 1 aromatic carbocycles. The molecular weight excluding hydrogens is 329 g/mol. The van der Waals surface area contributed by atoms with E-state index in [-0.39, 0.29) is 5.91 Å². The van der Waals surface area contributed by atoms with Gasteiger partial charge in [0, 0.05) is 22.6 Å². The minimum atomic E-state index is 0.0690. The van der Waals surface area contributed by atoms with Crippen LogP contribution in [0.5, 0.6) is 5.75 Å². The Hall–Kier alpha value is -0.780. The molecule has 0 heterocycles. The van der Waals surface area contributed by atoms with Crippen LogP contribution in [0.2, 0.25) is 0 Å². The average Bonchev–Trinajstić information content (AvgIpc) is 2.35. The van der Waals surface area contributed by atoms with E-state index in [2.05, 4.69) is 34.8 Å². The molecule has 0 radical (unpaired) electrons. The normalized spacial score (nSPS) is 10.1. The summed E-state index contributed by atoms with van der Waals surface area (Å²) in [5.41, 5.74) is 1.97. The van der Waals surface area contributed by atoms with Gasteiger partial charge in [-0.3, -0.25) is 4.79 Å². The number of hydrogen-bond acceptors (Lipinski definition) is 2. The molecule has 0 bridgehead atoms. The second-order valence-electron chi connectivity index (χ2n) is 3.86. The van der Waals surface area contributed by atoms with Crippen LogP contribution >= 0.6 is 22.6 Å². The number of methoxy groups -OCH3 is 1. The van der Waals surface area contributed by atoms with E-state index in [1.54, 1.807) is 7.11 Å². The summed E-state index contributed by atoms with van der Waals surface area (Å²) in [6.07, 6.45) is 2.53. The Balaban J connectivity index is 2.72. The fraction of sp³-hybridized carbons (Fsp3) is 0.462. The van der Waals surface area contributed by atoms with Gasteiger partial charge in [0.25, 0.3) is 0 Å². The van der Waals surface area contributed by atoms with Crippen molar-refractivity contribution in [2.75, 3.05) is 12.4 Å². The maximum absolute atomic E-state index is 11.6. The highest BCUT2D eigenvalue weighted by atomic mass is 127. The molecule has 4 heteroatoms. The number of hydrogen-bond donors (Lipinski definition) is 1. The van der Waals surface area contributed by atoms with Gasteiger partial charge in [-0.25, -0.2) is 0 Å². The summed E-state index contributed by atoms with van der Waals surface area (Å²) in [7, 11) is 1.63. The predicted molar refractivity (Wildman–Crippen MR) is 78.9 cm³/mol. The van der Waals surface area contributed by atoms with E-state index < -0.39 is 0 Å². The summed E-state index contributed by atoms with van der Waals surface area (Å²) in [6, 6.07) is 5.81. The van der Waals surface area contributed by atoms with Gasteiger partial charge < -0.3 is 10.1 Å². The largest absolute Gasteiger partial charge is 0.497 e. The molecule has 0 fully saturated rings. The Kier molecular flexibility index (Phi) is 6.32. The topological polar surface area (TPSA) is 38.3 Å². The molecule has 94 valence electrons. The van der Waals surface area contributed by atoms with Crippen molar-refractivity contribution < 1.29 is 9.53 Å². The summed E-state index contributed by atoms with van der Waals surface area (Å²) in [5.74, 6) is 0.851. The quantitative estimate of drug-likeness (QED) is 0.629. The second kappa shape index (κ2) is 7.53. The number of alkyl halides is 1. The molecule has 0 aliphatic carbocycles. The van der Waals surface area contributed by atoms with E-state index in [9.17, 15) is 4.79 Å². The molecule has 1 aromatic rings. The molecule has 0 aliphatic heterocycles. The van der Waals surface area contributed by atoms with Gasteiger partial charge in [-0.2, -0.15) is 0 Å². The zero-order valence-electron chi connectivity index (χ0n) is 10.3. The van der Waals surface area contributed by atoms with Crippen molar-refractivity contribution in [1.82, 2.24) is 0 Å². The Morgan fingerprint density at radius 3 is 2.76 bits per heavy atom. The second-order valence-corrected chi connectivity index (χ2v) is 4.62. The van der Waals surface area contributed by atoms with Crippen LogP contribution in [0.25, 0.3) is 0 Å². The van der Waals surface area contributed by atoms with Gasteiger partial charge in [0.15, 0.2) is 0 Å². The summed E-state index contributed by atoms with van der Waals surface area (Å²) >= 11 is 2.29. The number of carbonyl (C=O) groups is 1. The molecular formula is C13H18INO2. The van der Waals surface area contributed by atoms with Crippen molar-refractivity contribution in [2.24, 2.45) is 0 Å². The van der Waals surface area contributed by atoms with Crippen LogP contribution < -0.4 is 10.1 Å². The lowest BCUT2D eigenvalue weighted by Gasteiger charge is -2.09. The molecule has 17 heavy (non-hydrogen) atoms. The van der Waals surface area contributed by atoms with Gasteiger partial charge in [0.1, 0.15) is 5.75 Å². The minimum absolute atomic E-state index is 0.0690. The molecule has 0 aromatic heterocycles. The van der Waals surface area contributed by atoms with Crippen LogP contribution in [0.3, 0.4) is 0 Å². The first kappa shape index (κ1) is 14.3. The minimum Gasteiger partial charge on any atom is -0.497 e. The summed E-state index contributed by atoms with van der Waals surface area (Å²) in [5, 5.41) is 2.90. The molecule has 0 saturated heterocycles. The number of carbonyl (C=O) groups excluding carboxylic acids is 1. The van der Waals surface area contributed by atoms with E-state index in [4.69, 9.17) is 4.74 Å². The number of ether oxygens (including phenoxy) is 1. The Bertz CT molecular complexity index is 357. The van der Waals surface area contributed by atoms with Crippen molar-refractivity contribution in [2.45, 2.75) is 30.6 Å². The van der Waals surface area contributed by atoms with Crippen LogP contribution in [0.1, 0.15) is 31.7 Å². The van der Waals surface area contributed by atoms with Crippen molar-refractivity contribution >= 4 is 34.2 Å².